The van der Waals surface area contributed by atoms with Crippen molar-refractivity contribution >= 4 is 30.2 Å². The molecule has 2 aromatic carbocycles. The van der Waals surface area contributed by atoms with Crippen molar-refractivity contribution in [3.8, 4) is 0 Å². The predicted octanol–water partition coefficient (Wildman–Crippen LogP) is 3.23. The van der Waals surface area contributed by atoms with E-state index in [2.05, 4.69) is 5.32 Å². The number of hydrogen-bond acceptors (Lipinski definition) is 6. The zero-order valence-corrected chi connectivity index (χ0v) is 19.9. The van der Waals surface area contributed by atoms with E-state index in [1.54, 1.807) is 62.4 Å². The Balaban J connectivity index is 1.99. The van der Waals surface area contributed by atoms with E-state index in [1.807, 2.05) is 6.07 Å². The van der Waals surface area contributed by atoms with Gasteiger partial charge in [-0.2, -0.15) is 0 Å². The van der Waals surface area contributed by atoms with Gasteiger partial charge in [-0.15, -0.1) is 0 Å². The van der Waals surface area contributed by atoms with Crippen LogP contribution in [-0.4, -0.2) is 41.0 Å². The van der Waals surface area contributed by atoms with Gasteiger partial charge in [0.15, 0.2) is 0 Å². The molecule has 2 atom stereocenters. The molecule has 32 heavy (non-hydrogen) atoms. The Hall–Kier alpha value is -2.32. The molecule has 0 fully saturated rings. The van der Waals surface area contributed by atoms with Gasteiger partial charge in [0, 0.05) is 16.2 Å². The zero-order valence-electron chi connectivity index (χ0n) is 18.2. The van der Waals surface area contributed by atoms with E-state index in [1.165, 1.54) is 0 Å². The zero-order chi connectivity index (χ0) is 23.6. The van der Waals surface area contributed by atoms with Gasteiger partial charge in [0.2, 0.25) is 5.91 Å². The van der Waals surface area contributed by atoms with Crippen LogP contribution in [0.1, 0.15) is 36.2 Å². The lowest BCUT2D eigenvalue weighted by Crippen LogP contribution is -2.45. The van der Waals surface area contributed by atoms with Crippen LogP contribution >= 0.6 is 7.60 Å². The first-order chi connectivity index (χ1) is 15.3. The van der Waals surface area contributed by atoms with Crippen LogP contribution in [0.4, 0.5) is 0 Å². The van der Waals surface area contributed by atoms with Gasteiger partial charge in [-0.25, -0.2) is 0 Å². The Morgan fingerprint density at radius 3 is 2.16 bits per heavy atom. The summed E-state index contributed by atoms with van der Waals surface area (Å²) in [4.78, 5) is 25.0. The number of carbonyl (C=O) groups is 2. The third-order valence-corrected chi connectivity index (χ3v) is 7.95. The topological polar surface area (TPSA) is 125 Å². The highest BCUT2D eigenvalue weighted by Crippen LogP contribution is 2.51. The van der Waals surface area contributed by atoms with Crippen LogP contribution in [0.15, 0.2) is 59.5 Å². The molecule has 0 aromatic heterocycles. The van der Waals surface area contributed by atoms with Crippen LogP contribution in [-0.2, 0) is 35.4 Å². The molecule has 0 unspecified atom stereocenters. The minimum absolute atomic E-state index is 0.0891. The van der Waals surface area contributed by atoms with Crippen molar-refractivity contribution in [2.24, 2.45) is 5.73 Å². The van der Waals surface area contributed by atoms with Crippen LogP contribution < -0.4 is 11.1 Å². The first-order valence-corrected chi connectivity index (χ1v) is 13.3. The number of carbonyl (C=O) groups excluding carboxylic acids is 2. The third kappa shape index (κ3) is 7.98. The molecular formula is C22H29N2O6PS. The number of nitrogens with one attached hydrogen (secondary N) is 1. The standard InChI is InChI=1S/C22H29N2O6PS/c1-3-29-31(27,30-4-2)16-17-10-12-18(13-11-17)22(26)24-20(21(23)25)14-15-32(28)19-8-6-5-7-9-19/h5-13,20H,3-4,14-16H2,1-2H3,(H2,23,25)(H,24,26)/t20-,32+/m0/s1. The van der Waals surface area contributed by atoms with E-state index >= 15 is 0 Å². The van der Waals surface area contributed by atoms with Crippen LogP contribution in [0.3, 0.4) is 0 Å². The van der Waals surface area contributed by atoms with Crippen molar-refractivity contribution in [1.29, 1.82) is 0 Å². The molecule has 174 valence electrons. The van der Waals surface area contributed by atoms with Crippen molar-refractivity contribution in [2.75, 3.05) is 19.0 Å². The predicted molar refractivity (Wildman–Crippen MR) is 124 cm³/mol. The Morgan fingerprint density at radius 1 is 1.03 bits per heavy atom. The maximum absolute atomic E-state index is 12.7. The normalized spacial score (nSPS) is 13.3. The van der Waals surface area contributed by atoms with Crippen molar-refractivity contribution in [3.05, 3.63) is 65.7 Å². The summed E-state index contributed by atoms with van der Waals surface area (Å²) in [6.45, 7) is 4.01. The molecule has 2 amide bonds. The molecule has 2 rings (SSSR count). The summed E-state index contributed by atoms with van der Waals surface area (Å²) in [5.41, 5.74) is 6.43. The van der Waals surface area contributed by atoms with E-state index in [-0.39, 0.29) is 31.5 Å². The fourth-order valence-corrected chi connectivity index (χ4v) is 5.80. The molecule has 0 saturated carbocycles. The summed E-state index contributed by atoms with van der Waals surface area (Å²) in [5, 5.41) is 2.60. The number of hydrogen-bond donors (Lipinski definition) is 2. The fraction of sp³-hybridized carbons (Fsp3) is 0.364. The van der Waals surface area contributed by atoms with Crippen molar-refractivity contribution in [3.63, 3.8) is 0 Å². The summed E-state index contributed by atoms with van der Waals surface area (Å²) in [7, 11) is -4.56. The van der Waals surface area contributed by atoms with Crippen LogP contribution in [0.5, 0.6) is 0 Å². The number of rotatable bonds is 13. The van der Waals surface area contributed by atoms with Crippen molar-refractivity contribution in [1.82, 2.24) is 5.32 Å². The Morgan fingerprint density at radius 2 is 1.62 bits per heavy atom. The molecular weight excluding hydrogens is 451 g/mol. The third-order valence-electron chi connectivity index (χ3n) is 4.49. The number of nitrogens with two attached hydrogens (primary N) is 1. The SMILES string of the molecule is CCOP(=O)(Cc1ccc(C(=O)N[C@@H](CC[S@@](=O)c2ccccc2)C(N)=O)cc1)OCC. The summed E-state index contributed by atoms with van der Waals surface area (Å²) in [6.07, 6.45) is 0.234. The van der Waals surface area contributed by atoms with Gasteiger partial charge in [0.1, 0.15) is 6.04 Å². The van der Waals surface area contributed by atoms with Gasteiger partial charge < -0.3 is 20.1 Å². The number of primary amides is 1. The van der Waals surface area contributed by atoms with Crippen LogP contribution in [0.2, 0.25) is 0 Å². The van der Waals surface area contributed by atoms with Crippen LogP contribution in [0, 0.1) is 0 Å². The van der Waals surface area contributed by atoms with Gasteiger partial charge >= 0.3 is 7.60 Å². The summed E-state index contributed by atoms with van der Waals surface area (Å²) < 4.78 is 35.6. The van der Waals surface area contributed by atoms with Gasteiger partial charge in [0.25, 0.3) is 5.91 Å². The first kappa shape index (κ1) is 25.9. The second-order valence-corrected chi connectivity index (χ2v) is 10.5. The average Bonchev–Trinajstić information content (AvgIpc) is 2.77. The lowest BCUT2D eigenvalue weighted by atomic mass is 10.1. The molecule has 0 bridgehead atoms. The highest BCUT2D eigenvalue weighted by atomic mass is 32.2. The summed E-state index contributed by atoms with van der Waals surface area (Å²) in [6, 6.07) is 14.4. The molecule has 2 aromatic rings. The molecule has 0 aliphatic heterocycles. The van der Waals surface area contributed by atoms with E-state index in [9.17, 15) is 18.4 Å². The molecule has 10 heteroatoms. The lowest BCUT2D eigenvalue weighted by molar-refractivity contribution is -0.119. The quantitative estimate of drug-likeness (QED) is 0.424. The maximum atomic E-state index is 12.7. The second-order valence-electron chi connectivity index (χ2n) is 6.88. The molecule has 0 aliphatic rings. The van der Waals surface area contributed by atoms with Gasteiger partial charge in [-0.3, -0.25) is 18.4 Å². The molecule has 0 aliphatic carbocycles. The van der Waals surface area contributed by atoms with Gasteiger partial charge in [-0.1, -0.05) is 30.3 Å². The summed E-state index contributed by atoms with van der Waals surface area (Å²) >= 11 is 0. The second kappa shape index (κ2) is 12.6. The molecule has 0 spiro atoms. The Bertz CT molecular complexity index is 958. The van der Waals surface area contributed by atoms with Gasteiger partial charge in [0.05, 0.1) is 30.2 Å². The molecule has 0 heterocycles. The summed E-state index contributed by atoms with van der Waals surface area (Å²) in [5.74, 6) is -1.00. The fourth-order valence-electron chi connectivity index (χ4n) is 2.95. The van der Waals surface area contributed by atoms with Gasteiger partial charge in [-0.05, 0) is 50.1 Å². The molecule has 8 nitrogen and oxygen atoms in total. The van der Waals surface area contributed by atoms with E-state index < -0.39 is 36.3 Å². The van der Waals surface area contributed by atoms with Crippen molar-refractivity contribution < 1.29 is 27.4 Å². The molecule has 0 radical (unpaired) electrons. The average molecular weight is 481 g/mol. The van der Waals surface area contributed by atoms with E-state index in [0.717, 1.165) is 0 Å². The van der Waals surface area contributed by atoms with E-state index in [0.29, 0.717) is 16.0 Å². The lowest BCUT2D eigenvalue weighted by Gasteiger charge is -2.17. The Labute approximate surface area is 190 Å². The molecule has 3 N–H and O–H groups in total. The highest BCUT2D eigenvalue weighted by molar-refractivity contribution is 7.85. The molecule has 0 saturated heterocycles. The smallest absolute Gasteiger partial charge is 0.335 e. The van der Waals surface area contributed by atoms with Crippen LogP contribution in [0.25, 0.3) is 0 Å². The minimum Gasteiger partial charge on any atom is -0.368 e. The number of amides is 2. The van der Waals surface area contributed by atoms with Crippen molar-refractivity contribution in [2.45, 2.75) is 37.4 Å². The maximum Gasteiger partial charge on any atom is 0.335 e. The first-order valence-electron chi connectivity index (χ1n) is 10.3. The number of benzene rings is 2. The monoisotopic (exact) mass is 480 g/mol. The Kier molecular flexibility index (Phi) is 10.3. The minimum atomic E-state index is -3.25. The highest BCUT2D eigenvalue weighted by Gasteiger charge is 2.24. The largest absolute Gasteiger partial charge is 0.368 e. The van der Waals surface area contributed by atoms with E-state index in [4.69, 9.17) is 14.8 Å².